The maximum absolute atomic E-state index is 13.1. The van der Waals surface area contributed by atoms with Crippen LogP contribution in [0, 0.1) is 12.7 Å². The number of nitrogens with one attached hydrogen (secondary N) is 1. The Bertz CT molecular complexity index is 592. The van der Waals surface area contributed by atoms with E-state index in [2.05, 4.69) is 10.4 Å². The lowest BCUT2D eigenvalue weighted by atomic mass is 10.1. The summed E-state index contributed by atoms with van der Waals surface area (Å²) >= 11 is 0. The third kappa shape index (κ3) is 3.40. The van der Waals surface area contributed by atoms with Crippen LogP contribution in [0.2, 0.25) is 0 Å². The number of aromatic nitrogens is 2. The molecule has 1 amide bonds. The fourth-order valence-corrected chi connectivity index (χ4v) is 1.79. The fraction of sp³-hybridized carbons (Fsp3) is 0.286. The van der Waals surface area contributed by atoms with Gasteiger partial charge in [0.05, 0.1) is 5.69 Å². The van der Waals surface area contributed by atoms with Gasteiger partial charge in [0.25, 0.3) is 5.91 Å². The molecule has 5 heteroatoms. The average molecular weight is 261 g/mol. The number of rotatable bonds is 4. The lowest BCUT2D eigenvalue weighted by molar-refractivity contribution is 0.0954. The molecule has 0 fully saturated rings. The molecule has 0 saturated carbocycles. The van der Waals surface area contributed by atoms with Gasteiger partial charge in [0, 0.05) is 31.8 Å². The van der Waals surface area contributed by atoms with Gasteiger partial charge < -0.3 is 5.32 Å². The monoisotopic (exact) mass is 261 g/mol. The molecule has 1 N–H and O–H groups in total. The topological polar surface area (TPSA) is 46.9 Å². The second-order valence-corrected chi connectivity index (χ2v) is 4.45. The van der Waals surface area contributed by atoms with Crippen LogP contribution in [0.25, 0.3) is 0 Å². The highest BCUT2D eigenvalue weighted by atomic mass is 19.1. The van der Waals surface area contributed by atoms with Crippen LogP contribution in [-0.4, -0.2) is 22.2 Å². The predicted octanol–water partition coefficient (Wildman–Crippen LogP) is 1.84. The SMILES string of the molecule is Cc1cc(C(=O)NCCc2ccn(C)n2)ccc1F. The number of hydrogen-bond donors (Lipinski definition) is 1. The van der Waals surface area contributed by atoms with Crippen molar-refractivity contribution in [2.75, 3.05) is 6.54 Å². The van der Waals surface area contributed by atoms with Crippen LogP contribution in [0.4, 0.5) is 4.39 Å². The zero-order valence-electron chi connectivity index (χ0n) is 11.0. The summed E-state index contributed by atoms with van der Waals surface area (Å²) in [6.45, 7) is 2.15. The molecule has 0 spiro atoms. The van der Waals surface area contributed by atoms with Gasteiger partial charge in [-0.1, -0.05) is 0 Å². The van der Waals surface area contributed by atoms with E-state index < -0.39 is 0 Å². The third-order valence-electron chi connectivity index (χ3n) is 2.86. The van der Waals surface area contributed by atoms with Crippen LogP contribution >= 0.6 is 0 Å². The Balaban J connectivity index is 1.89. The molecule has 2 rings (SSSR count). The smallest absolute Gasteiger partial charge is 0.251 e. The summed E-state index contributed by atoms with van der Waals surface area (Å²) in [5.41, 5.74) is 1.87. The first-order valence-corrected chi connectivity index (χ1v) is 6.09. The largest absolute Gasteiger partial charge is 0.352 e. The predicted molar refractivity (Wildman–Crippen MR) is 70.4 cm³/mol. The second kappa shape index (κ2) is 5.65. The molecule has 0 aliphatic rings. The second-order valence-electron chi connectivity index (χ2n) is 4.45. The summed E-state index contributed by atoms with van der Waals surface area (Å²) in [7, 11) is 1.85. The zero-order chi connectivity index (χ0) is 13.8. The lowest BCUT2D eigenvalue weighted by Gasteiger charge is -2.05. The number of aryl methyl sites for hydroxylation is 2. The van der Waals surface area contributed by atoms with Crippen LogP contribution in [-0.2, 0) is 13.5 Å². The van der Waals surface area contributed by atoms with Gasteiger partial charge in [0.1, 0.15) is 5.82 Å². The van der Waals surface area contributed by atoms with Gasteiger partial charge >= 0.3 is 0 Å². The van der Waals surface area contributed by atoms with Crippen LogP contribution in [0.5, 0.6) is 0 Å². The number of halogens is 1. The van der Waals surface area contributed by atoms with E-state index in [0.717, 1.165) is 5.69 Å². The van der Waals surface area contributed by atoms with Crippen molar-refractivity contribution < 1.29 is 9.18 Å². The molecule has 0 atom stereocenters. The molecule has 2 aromatic rings. The first-order valence-electron chi connectivity index (χ1n) is 6.09. The van der Waals surface area contributed by atoms with Crippen molar-refractivity contribution in [2.24, 2.45) is 7.05 Å². The first-order chi connectivity index (χ1) is 9.06. The van der Waals surface area contributed by atoms with Crippen molar-refractivity contribution in [1.29, 1.82) is 0 Å². The highest BCUT2D eigenvalue weighted by Crippen LogP contribution is 2.09. The molecule has 0 aliphatic carbocycles. The van der Waals surface area contributed by atoms with Crippen LogP contribution < -0.4 is 5.32 Å². The Kier molecular flexibility index (Phi) is 3.94. The lowest BCUT2D eigenvalue weighted by Crippen LogP contribution is -2.25. The number of nitrogens with zero attached hydrogens (tertiary/aromatic N) is 2. The highest BCUT2D eigenvalue weighted by molar-refractivity contribution is 5.94. The molecule has 4 nitrogen and oxygen atoms in total. The fourth-order valence-electron chi connectivity index (χ4n) is 1.79. The highest BCUT2D eigenvalue weighted by Gasteiger charge is 2.07. The van der Waals surface area contributed by atoms with E-state index in [0.29, 0.717) is 24.1 Å². The van der Waals surface area contributed by atoms with Gasteiger partial charge in [-0.3, -0.25) is 9.48 Å². The van der Waals surface area contributed by atoms with Gasteiger partial charge in [-0.2, -0.15) is 5.10 Å². The minimum Gasteiger partial charge on any atom is -0.352 e. The van der Waals surface area contributed by atoms with E-state index in [-0.39, 0.29) is 11.7 Å². The van der Waals surface area contributed by atoms with Crippen molar-refractivity contribution in [1.82, 2.24) is 15.1 Å². The molecule has 0 unspecified atom stereocenters. The van der Waals surface area contributed by atoms with E-state index >= 15 is 0 Å². The minimum absolute atomic E-state index is 0.195. The first kappa shape index (κ1) is 13.3. The minimum atomic E-state index is -0.301. The Hall–Kier alpha value is -2.17. The van der Waals surface area contributed by atoms with Crippen LogP contribution in [0.1, 0.15) is 21.6 Å². The molecule has 1 heterocycles. The van der Waals surface area contributed by atoms with Gasteiger partial charge in [0.2, 0.25) is 0 Å². The molecule has 1 aromatic heterocycles. The van der Waals surface area contributed by atoms with E-state index in [9.17, 15) is 9.18 Å². The summed E-state index contributed by atoms with van der Waals surface area (Å²) in [6.07, 6.45) is 2.53. The van der Waals surface area contributed by atoms with E-state index in [4.69, 9.17) is 0 Å². The molecule has 0 aliphatic heterocycles. The number of carbonyl (C=O) groups excluding carboxylic acids is 1. The van der Waals surface area contributed by atoms with Crippen molar-refractivity contribution in [3.63, 3.8) is 0 Å². The van der Waals surface area contributed by atoms with Crippen LogP contribution in [0.15, 0.2) is 30.5 Å². The van der Waals surface area contributed by atoms with Gasteiger partial charge in [-0.25, -0.2) is 4.39 Å². The molecular weight excluding hydrogens is 245 g/mol. The number of carbonyl (C=O) groups is 1. The molecule has 0 bridgehead atoms. The van der Waals surface area contributed by atoms with Gasteiger partial charge in [-0.05, 0) is 36.8 Å². The quantitative estimate of drug-likeness (QED) is 0.913. The third-order valence-corrected chi connectivity index (χ3v) is 2.86. The van der Waals surface area contributed by atoms with Gasteiger partial charge in [0.15, 0.2) is 0 Å². The summed E-state index contributed by atoms with van der Waals surface area (Å²) in [4.78, 5) is 11.8. The molecule has 100 valence electrons. The molecule has 0 saturated heterocycles. The van der Waals surface area contributed by atoms with Gasteiger partial charge in [-0.15, -0.1) is 0 Å². The Morgan fingerprint density at radius 2 is 2.21 bits per heavy atom. The Morgan fingerprint density at radius 3 is 2.84 bits per heavy atom. The van der Waals surface area contributed by atoms with E-state index in [1.54, 1.807) is 17.7 Å². The van der Waals surface area contributed by atoms with E-state index in [1.807, 2.05) is 19.3 Å². The normalized spacial score (nSPS) is 10.5. The maximum Gasteiger partial charge on any atom is 0.251 e. The maximum atomic E-state index is 13.1. The summed E-state index contributed by atoms with van der Waals surface area (Å²) in [5, 5.41) is 7.01. The summed E-state index contributed by atoms with van der Waals surface area (Å²) < 4.78 is 14.8. The standard InChI is InChI=1S/C14H16FN3O/c1-10-9-11(3-4-13(10)15)14(19)16-7-5-12-6-8-18(2)17-12/h3-4,6,8-9H,5,7H2,1-2H3,(H,16,19). The van der Waals surface area contributed by atoms with Crippen molar-refractivity contribution in [2.45, 2.75) is 13.3 Å². The number of amides is 1. The Labute approximate surface area is 111 Å². The van der Waals surface area contributed by atoms with E-state index in [1.165, 1.54) is 12.1 Å². The summed E-state index contributed by atoms with van der Waals surface area (Å²) in [5.74, 6) is -0.496. The zero-order valence-corrected chi connectivity index (χ0v) is 11.0. The Morgan fingerprint density at radius 1 is 1.42 bits per heavy atom. The van der Waals surface area contributed by atoms with Crippen molar-refractivity contribution in [3.8, 4) is 0 Å². The summed E-state index contributed by atoms with van der Waals surface area (Å²) in [6, 6.07) is 6.25. The number of hydrogen-bond acceptors (Lipinski definition) is 2. The average Bonchev–Trinajstić information content (AvgIpc) is 2.78. The van der Waals surface area contributed by atoms with Crippen LogP contribution in [0.3, 0.4) is 0 Å². The molecule has 19 heavy (non-hydrogen) atoms. The number of benzene rings is 1. The molecule has 1 aromatic carbocycles. The van der Waals surface area contributed by atoms with Crippen molar-refractivity contribution in [3.05, 3.63) is 53.1 Å². The molecule has 0 radical (unpaired) electrons. The van der Waals surface area contributed by atoms with Crippen molar-refractivity contribution >= 4 is 5.91 Å². The molecular formula is C14H16FN3O.